The summed E-state index contributed by atoms with van der Waals surface area (Å²) in [4.78, 5) is 10.4. The normalized spacial score (nSPS) is 9.91. The van der Waals surface area contributed by atoms with Gasteiger partial charge in [-0.3, -0.25) is 4.79 Å². The molecule has 0 aliphatic rings. The summed E-state index contributed by atoms with van der Waals surface area (Å²) in [5, 5.41) is 0. The molecule has 0 bridgehead atoms. The van der Waals surface area contributed by atoms with Crippen LogP contribution in [0, 0.1) is 0 Å². The molecule has 1 atom stereocenters. The van der Waals surface area contributed by atoms with Crippen LogP contribution in [-0.4, -0.2) is 24.6 Å². The number of esters is 1. The first-order valence-electron chi connectivity index (χ1n) is 3.55. The minimum absolute atomic E-state index is 0. The molecule has 0 aromatic carbocycles. The van der Waals surface area contributed by atoms with Crippen molar-refractivity contribution in [2.24, 2.45) is 5.73 Å². The maximum absolute atomic E-state index is 10.4. The van der Waals surface area contributed by atoms with Crippen molar-refractivity contribution >= 4 is 5.97 Å². The van der Waals surface area contributed by atoms with Crippen LogP contribution in [0.1, 0.15) is 27.2 Å². The van der Waals surface area contributed by atoms with E-state index < -0.39 is 6.04 Å². The Morgan fingerprint density at radius 1 is 1.55 bits per heavy atom. The summed E-state index contributed by atoms with van der Waals surface area (Å²) in [6.07, 6.45) is 0.632. The summed E-state index contributed by atoms with van der Waals surface area (Å²) in [5.41, 5.74) is 5.25. The van der Waals surface area contributed by atoms with Crippen molar-refractivity contribution in [3.8, 4) is 0 Å². The number of carbonyl (C=O) groups excluding carboxylic acids is 1. The lowest BCUT2D eigenvalue weighted by atomic mass is 10.2. The second-order valence-electron chi connectivity index (χ2n) is 1.54. The first kappa shape index (κ1) is 16.8. The van der Waals surface area contributed by atoms with Crippen molar-refractivity contribution < 1.29 is 15.0 Å². The Bertz CT molecular complexity index is 85.8. The lowest BCUT2D eigenvalue weighted by Gasteiger charge is -2.03. The monoisotopic (exact) mass is 165 g/mol. The maximum atomic E-state index is 10.4. The third-order valence-corrected chi connectivity index (χ3v) is 0.944. The lowest BCUT2D eigenvalue weighted by molar-refractivity contribution is -0.142. The van der Waals surface area contributed by atoms with Crippen LogP contribution in [0.2, 0.25) is 0 Å². The highest BCUT2D eigenvalue weighted by molar-refractivity contribution is 5.75. The van der Waals surface area contributed by atoms with Gasteiger partial charge in [-0.1, -0.05) is 20.8 Å². The standard InChI is InChI=1S/C5H11NO2.C2H6.H2O/c1-3-4(6)5(7)8-2;1-2;/h4H,3,6H2,1-2H3;1-2H3;1H2/t4-;;/m0../s1. The summed E-state index contributed by atoms with van der Waals surface area (Å²) >= 11 is 0. The number of hydrogen-bond donors (Lipinski definition) is 1. The highest BCUT2D eigenvalue weighted by Gasteiger charge is 2.08. The molecule has 0 radical (unpaired) electrons. The SMILES string of the molecule is CC.CC[C@H](N)C(=O)OC.O. The van der Waals surface area contributed by atoms with E-state index in [0.717, 1.165) is 0 Å². The van der Waals surface area contributed by atoms with Gasteiger partial charge in [0.05, 0.1) is 7.11 Å². The van der Waals surface area contributed by atoms with Gasteiger partial charge in [0.1, 0.15) is 6.04 Å². The highest BCUT2D eigenvalue weighted by Crippen LogP contribution is 1.86. The van der Waals surface area contributed by atoms with Gasteiger partial charge in [0.15, 0.2) is 0 Å². The van der Waals surface area contributed by atoms with Crippen LogP contribution < -0.4 is 5.73 Å². The van der Waals surface area contributed by atoms with Gasteiger partial charge in [-0.2, -0.15) is 0 Å². The molecule has 0 aliphatic carbocycles. The first-order chi connectivity index (χ1) is 4.72. The zero-order chi connectivity index (χ0) is 8.57. The van der Waals surface area contributed by atoms with Crippen LogP contribution >= 0.6 is 0 Å². The number of methoxy groups -OCH3 is 1. The molecular weight excluding hydrogens is 146 g/mol. The smallest absolute Gasteiger partial charge is 0.322 e. The van der Waals surface area contributed by atoms with E-state index in [1.165, 1.54) is 7.11 Å². The third-order valence-electron chi connectivity index (χ3n) is 0.944. The molecule has 0 rings (SSSR count). The van der Waals surface area contributed by atoms with Crippen LogP contribution in [0.25, 0.3) is 0 Å². The van der Waals surface area contributed by atoms with E-state index >= 15 is 0 Å². The minimum atomic E-state index is -0.444. The lowest BCUT2D eigenvalue weighted by Crippen LogP contribution is -2.30. The fourth-order valence-corrected chi connectivity index (χ4v) is 0.318. The second-order valence-corrected chi connectivity index (χ2v) is 1.54. The Hall–Kier alpha value is -0.610. The molecule has 11 heavy (non-hydrogen) atoms. The van der Waals surface area contributed by atoms with Gasteiger partial charge in [0.2, 0.25) is 0 Å². The molecule has 0 amide bonds. The predicted octanol–water partition coefficient (Wildman–Crippen LogP) is 0.0982. The summed E-state index contributed by atoms with van der Waals surface area (Å²) in [5.74, 6) is -0.340. The fraction of sp³-hybridized carbons (Fsp3) is 0.857. The average Bonchev–Trinajstić information content (AvgIpc) is 2.05. The van der Waals surface area contributed by atoms with Gasteiger partial charge in [0, 0.05) is 0 Å². The van der Waals surface area contributed by atoms with Gasteiger partial charge in [-0.15, -0.1) is 0 Å². The zero-order valence-corrected chi connectivity index (χ0v) is 7.68. The van der Waals surface area contributed by atoms with Crippen molar-refractivity contribution in [2.75, 3.05) is 7.11 Å². The molecule has 0 spiro atoms. The molecule has 0 fully saturated rings. The van der Waals surface area contributed by atoms with E-state index in [9.17, 15) is 4.79 Å². The van der Waals surface area contributed by atoms with Gasteiger partial charge in [-0.25, -0.2) is 0 Å². The van der Waals surface area contributed by atoms with Gasteiger partial charge in [0.25, 0.3) is 0 Å². The average molecular weight is 165 g/mol. The van der Waals surface area contributed by atoms with E-state index in [2.05, 4.69) is 4.74 Å². The highest BCUT2D eigenvalue weighted by atomic mass is 16.5. The van der Waals surface area contributed by atoms with Gasteiger partial charge in [-0.05, 0) is 6.42 Å². The summed E-state index contributed by atoms with van der Waals surface area (Å²) < 4.78 is 4.34. The molecule has 0 saturated heterocycles. The maximum Gasteiger partial charge on any atom is 0.322 e. The van der Waals surface area contributed by atoms with E-state index in [1.54, 1.807) is 0 Å². The summed E-state index contributed by atoms with van der Waals surface area (Å²) in [7, 11) is 1.33. The Morgan fingerprint density at radius 3 is 2.00 bits per heavy atom. The zero-order valence-electron chi connectivity index (χ0n) is 7.68. The molecular formula is C7H19NO3. The molecule has 0 heterocycles. The summed E-state index contributed by atoms with van der Waals surface area (Å²) in [6.45, 7) is 5.83. The number of rotatable bonds is 2. The minimum Gasteiger partial charge on any atom is -0.468 e. The van der Waals surface area contributed by atoms with Crippen LogP contribution in [0.15, 0.2) is 0 Å². The Labute approximate surface area is 68.0 Å². The fourth-order valence-electron chi connectivity index (χ4n) is 0.318. The number of nitrogens with two attached hydrogens (primary N) is 1. The molecule has 0 saturated carbocycles. The molecule has 4 nitrogen and oxygen atoms in total. The second kappa shape index (κ2) is 12.1. The molecule has 0 aromatic heterocycles. The molecule has 4 heteroatoms. The van der Waals surface area contributed by atoms with Gasteiger partial charge >= 0.3 is 5.97 Å². The van der Waals surface area contributed by atoms with Crippen LogP contribution in [0.4, 0.5) is 0 Å². The number of carbonyl (C=O) groups is 1. The van der Waals surface area contributed by atoms with Crippen LogP contribution in [0.3, 0.4) is 0 Å². The van der Waals surface area contributed by atoms with Crippen molar-refractivity contribution in [1.29, 1.82) is 0 Å². The van der Waals surface area contributed by atoms with Crippen molar-refractivity contribution in [1.82, 2.24) is 0 Å². The Kier molecular flexibility index (Phi) is 18.5. The van der Waals surface area contributed by atoms with Crippen molar-refractivity contribution in [3.63, 3.8) is 0 Å². The topological polar surface area (TPSA) is 83.8 Å². The van der Waals surface area contributed by atoms with Crippen molar-refractivity contribution in [2.45, 2.75) is 33.2 Å². The molecule has 70 valence electrons. The predicted molar refractivity (Wildman–Crippen MR) is 45.2 cm³/mol. The van der Waals surface area contributed by atoms with Crippen LogP contribution in [0.5, 0.6) is 0 Å². The number of hydrogen-bond acceptors (Lipinski definition) is 3. The largest absolute Gasteiger partial charge is 0.468 e. The van der Waals surface area contributed by atoms with E-state index in [-0.39, 0.29) is 11.4 Å². The van der Waals surface area contributed by atoms with Gasteiger partial charge < -0.3 is 15.9 Å². The molecule has 0 aliphatic heterocycles. The first-order valence-corrected chi connectivity index (χ1v) is 3.55. The third kappa shape index (κ3) is 9.39. The molecule has 0 aromatic rings. The summed E-state index contributed by atoms with van der Waals surface area (Å²) in [6, 6.07) is -0.444. The van der Waals surface area contributed by atoms with Crippen LogP contribution in [-0.2, 0) is 9.53 Å². The Balaban J connectivity index is -0.000000196. The molecule has 4 N–H and O–H groups in total. The van der Waals surface area contributed by atoms with Crippen molar-refractivity contribution in [3.05, 3.63) is 0 Å². The van der Waals surface area contributed by atoms with E-state index in [0.29, 0.717) is 6.42 Å². The Morgan fingerprint density at radius 2 is 1.91 bits per heavy atom. The quantitative estimate of drug-likeness (QED) is 0.589. The molecule has 0 unspecified atom stereocenters. The van der Waals surface area contributed by atoms with E-state index in [4.69, 9.17) is 5.73 Å². The van der Waals surface area contributed by atoms with E-state index in [1.807, 2.05) is 20.8 Å². The number of ether oxygens (including phenoxy) is 1.